The second kappa shape index (κ2) is 4.20. The van der Waals surface area contributed by atoms with Gasteiger partial charge in [-0.2, -0.15) is 0 Å². The van der Waals surface area contributed by atoms with Gasteiger partial charge in [-0.15, -0.1) is 5.10 Å². The van der Waals surface area contributed by atoms with E-state index >= 15 is 0 Å². The number of benzene rings is 1. The zero-order chi connectivity index (χ0) is 11.7. The van der Waals surface area contributed by atoms with Gasteiger partial charge >= 0.3 is 0 Å². The highest BCUT2D eigenvalue weighted by Gasteiger charge is 2.20. The second-order valence-corrected chi connectivity index (χ2v) is 4.59. The number of nitrogens with zero attached hydrogens (tertiary/aromatic N) is 3. The summed E-state index contributed by atoms with van der Waals surface area (Å²) in [7, 11) is 1.91. The van der Waals surface area contributed by atoms with Crippen molar-refractivity contribution in [2.45, 2.75) is 18.8 Å². The molecule has 1 aromatic carbocycles. The molecule has 1 aliphatic heterocycles. The third-order valence-electron chi connectivity index (χ3n) is 3.31. The van der Waals surface area contributed by atoms with E-state index in [0.29, 0.717) is 5.92 Å². The molecule has 0 aliphatic carbocycles. The molecule has 3 rings (SSSR count). The Bertz CT molecular complexity index is 518. The Labute approximate surface area is 101 Å². The Morgan fingerprint density at radius 3 is 3.12 bits per heavy atom. The average molecular weight is 228 g/mol. The zero-order valence-electron chi connectivity index (χ0n) is 9.93. The maximum absolute atomic E-state index is 4.18. The lowest BCUT2D eigenvalue weighted by Gasteiger charge is -2.25. The van der Waals surface area contributed by atoms with Gasteiger partial charge in [0.05, 0.1) is 5.69 Å². The van der Waals surface area contributed by atoms with Gasteiger partial charge in [-0.1, -0.05) is 23.4 Å². The molecule has 1 aliphatic rings. The van der Waals surface area contributed by atoms with Crippen molar-refractivity contribution in [1.29, 1.82) is 0 Å². The molecule has 0 fully saturated rings. The van der Waals surface area contributed by atoms with Crippen molar-refractivity contribution in [3.05, 3.63) is 41.7 Å². The Morgan fingerprint density at radius 1 is 1.41 bits per heavy atom. The van der Waals surface area contributed by atoms with Gasteiger partial charge in [-0.05, 0) is 24.0 Å². The van der Waals surface area contributed by atoms with Crippen LogP contribution in [0.1, 0.15) is 23.6 Å². The number of rotatable bonds is 2. The molecule has 1 unspecified atom stereocenters. The number of fused-ring (bicyclic) bond motifs is 1. The van der Waals surface area contributed by atoms with Crippen molar-refractivity contribution in [2.24, 2.45) is 7.05 Å². The molecule has 1 atom stereocenters. The standard InChI is InChI=1S/C13H16N4/c1-17-9-11(15-16-17)8-10-6-7-14-13-5-3-2-4-12(10)13/h2-5,9-10,14H,6-8H2,1H3. The Balaban J connectivity index is 1.85. The molecular formula is C13H16N4. The monoisotopic (exact) mass is 228 g/mol. The second-order valence-electron chi connectivity index (χ2n) is 4.59. The first-order valence-electron chi connectivity index (χ1n) is 6.01. The molecule has 2 aromatic rings. The van der Waals surface area contributed by atoms with Crippen molar-refractivity contribution >= 4 is 5.69 Å². The van der Waals surface area contributed by atoms with Crippen LogP contribution in [0.15, 0.2) is 30.5 Å². The molecule has 17 heavy (non-hydrogen) atoms. The molecule has 0 radical (unpaired) electrons. The summed E-state index contributed by atoms with van der Waals surface area (Å²) in [5.74, 6) is 0.559. The number of nitrogens with one attached hydrogen (secondary N) is 1. The van der Waals surface area contributed by atoms with Gasteiger partial charge in [0.2, 0.25) is 0 Å². The van der Waals surface area contributed by atoms with E-state index < -0.39 is 0 Å². The van der Waals surface area contributed by atoms with E-state index in [9.17, 15) is 0 Å². The van der Waals surface area contributed by atoms with E-state index in [4.69, 9.17) is 0 Å². The fourth-order valence-electron chi connectivity index (χ4n) is 2.50. The van der Waals surface area contributed by atoms with Crippen molar-refractivity contribution in [3.63, 3.8) is 0 Å². The summed E-state index contributed by atoms with van der Waals surface area (Å²) in [6, 6.07) is 8.55. The first kappa shape index (κ1) is 10.3. The van der Waals surface area contributed by atoms with Gasteiger partial charge in [0, 0.05) is 31.9 Å². The minimum absolute atomic E-state index is 0.559. The van der Waals surface area contributed by atoms with Gasteiger partial charge < -0.3 is 5.32 Å². The van der Waals surface area contributed by atoms with Crippen LogP contribution in [0.25, 0.3) is 0 Å². The topological polar surface area (TPSA) is 42.7 Å². The van der Waals surface area contributed by atoms with E-state index in [1.165, 1.54) is 11.3 Å². The lowest BCUT2D eigenvalue weighted by Crippen LogP contribution is -2.18. The largest absolute Gasteiger partial charge is 0.385 e. The van der Waals surface area contributed by atoms with Crippen LogP contribution in [-0.2, 0) is 13.5 Å². The lowest BCUT2D eigenvalue weighted by atomic mass is 9.87. The van der Waals surface area contributed by atoms with E-state index in [0.717, 1.165) is 25.1 Å². The molecule has 0 saturated carbocycles. The summed E-state index contributed by atoms with van der Waals surface area (Å²) >= 11 is 0. The van der Waals surface area contributed by atoms with E-state index in [-0.39, 0.29) is 0 Å². The van der Waals surface area contributed by atoms with Crippen LogP contribution in [0.2, 0.25) is 0 Å². The minimum atomic E-state index is 0.559. The summed E-state index contributed by atoms with van der Waals surface area (Å²) < 4.78 is 1.77. The molecular weight excluding hydrogens is 212 g/mol. The van der Waals surface area contributed by atoms with E-state index in [1.54, 1.807) is 4.68 Å². The predicted octanol–water partition coefficient (Wildman–Crippen LogP) is 1.96. The first-order chi connectivity index (χ1) is 8.33. The number of para-hydroxylation sites is 1. The maximum Gasteiger partial charge on any atom is 0.0833 e. The number of hydrogen-bond donors (Lipinski definition) is 1. The molecule has 2 heterocycles. The highest BCUT2D eigenvalue weighted by atomic mass is 15.4. The van der Waals surface area contributed by atoms with Crippen LogP contribution >= 0.6 is 0 Å². The Hall–Kier alpha value is -1.84. The lowest BCUT2D eigenvalue weighted by molar-refractivity contribution is 0.614. The smallest absolute Gasteiger partial charge is 0.0833 e. The van der Waals surface area contributed by atoms with Gasteiger partial charge in [-0.25, -0.2) is 0 Å². The van der Waals surface area contributed by atoms with Gasteiger partial charge in [0.1, 0.15) is 0 Å². The number of hydrogen-bond acceptors (Lipinski definition) is 3. The fourth-order valence-corrected chi connectivity index (χ4v) is 2.50. The average Bonchev–Trinajstić information content (AvgIpc) is 2.75. The van der Waals surface area contributed by atoms with Crippen LogP contribution in [0.4, 0.5) is 5.69 Å². The molecule has 0 bridgehead atoms. The van der Waals surface area contributed by atoms with Gasteiger partial charge in [0.25, 0.3) is 0 Å². The number of aromatic nitrogens is 3. The van der Waals surface area contributed by atoms with Crippen LogP contribution < -0.4 is 5.32 Å². The normalized spacial score (nSPS) is 18.5. The molecule has 0 spiro atoms. The summed E-state index contributed by atoms with van der Waals surface area (Å²) in [5, 5.41) is 11.6. The quantitative estimate of drug-likeness (QED) is 0.854. The summed E-state index contributed by atoms with van der Waals surface area (Å²) in [6.45, 7) is 1.04. The van der Waals surface area contributed by atoms with Crippen LogP contribution in [0.5, 0.6) is 0 Å². The van der Waals surface area contributed by atoms with Crippen molar-refractivity contribution in [3.8, 4) is 0 Å². The SMILES string of the molecule is Cn1cc(CC2CCNc3ccccc32)nn1. The Morgan fingerprint density at radius 2 is 2.29 bits per heavy atom. The van der Waals surface area contributed by atoms with Crippen molar-refractivity contribution < 1.29 is 0 Å². The third-order valence-corrected chi connectivity index (χ3v) is 3.31. The van der Waals surface area contributed by atoms with Crippen molar-refractivity contribution in [1.82, 2.24) is 15.0 Å². The molecule has 4 nitrogen and oxygen atoms in total. The number of anilines is 1. The van der Waals surface area contributed by atoms with Crippen molar-refractivity contribution in [2.75, 3.05) is 11.9 Å². The molecule has 88 valence electrons. The van der Waals surface area contributed by atoms with E-state index in [2.05, 4.69) is 39.9 Å². The summed E-state index contributed by atoms with van der Waals surface area (Å²) in [5.41, 5.74) is 3.76. The molecule has 1 N–H and O–H groups in total. The zero-order valence-corrected chi connectivity index (χ0v) is 9.93. The summed E-state index contributed by atoms with van der Waals surface area (Å²) in [4.78, 5) is 0. The summed E-state index contributed by atoms with van der Waals surface area (Å²) in [6.07, 6.45) is 4.14. The molecule has 0 saturated heterocycles. The van der Waals surface area contributed by atoms with Crippen LogP contribution in [0.3, 0.4) is 0 Å². The van der Waals surface area contributed by atoms with Gasteiger partial charge in [0.15, 0.2) is 0 Å². The fraction of sp³-hybridized carbons (Fsp3) is 0.385. The molecule has 4 heteroatoms. The van der Waals surface area contributed by atoms with Crippen LogP contribution in [0, 0.1) is 0 Å². The molecule has 0 amide bonds. The van der Waals surface area contributed by atoms with Gasteiger partial charge in [-0.3, -0.25) is 4.68 Å². The predicted molar refractivity (Wildman–Crippen MR) is 67.0 cm³/mol. The number of aryl methyl sites for hydroxylation is 1. The maximum atomic E-state index is 4.18. The van der Waals surface area contributed by atoms with Crippen LogP contribution in [-0.4, -0.2) is 21.5 Å². The highest BCUT2D eigenvalue weighted by Crippen LogP contribution is 2.33. The van der Waals surface area contributed by atoms with E-state index in [1.807, 2.05) is 13.2 Å². The highest BCUT2D eigenvalue weighted by molar-refractivity contribution is 5.54. The third kappa shape index (κ3) is 2.02. The molecule has 1 aromatic heterocycles. The first-order valence-corrected chi connectivity index (χ1v) is 6.01. The Kier molecular flexibility index (Phi) is 2.55. The minimum Gasteiger partial charge on any atom is -0.385 e.